The van der Waals surface area contributed by atoms with Crippen LogP contribution in [0.2, 0.25) is 0 Å². The van der Waals surface area contributed by atoms with Crippen molar-refractivity contribution in [1.29, 1.82) is 0 Å². The van der Waals surface area contributed by atoms with Gasteiger partial charge in [-0.2, -0.15) is 0 Å². The molecule has 100 valence electrons. The standard InChI is InChI=1S/C16H18BrNS/c1-18-15(10-16-14(17)7-8-19-16)13-9-12(13)11-5-3-2-4-6-11/h2-8,12-13,15,18H,9-10H2,1H3. The van der Waals surface area contributed by atoms with Gasteiger partial charge < -0.3 is 5.32 Å². The van der Waals surface area contributed by atoms with Crippen molar-refractivity contribution in [1.82, 2.24) is 5.32 Å². The lowest BCUT2D eigenvalue weighted by Crippen LogP contribution is -2.30. The molecule has 1 saturated carbocycles. The SMILES string of the molecule is CNC(Cc1sccc1Br)C1CC1c1ccccc1. The molecule has 1 N–H and O–H groups in total. The Kier molecular flexibility index (Phi) is 4.06. The lowest BCUT2D eigenvalue weighted by molar-refractivity contribution is 0.493. The highest BCUT2D eigenvalue weighted by Crippen LogP contribution is 2.50. The van der Waals surface area contributed by atoms with Crippen LogP contribution in [-0.2, 0) is 6.42 Å². The van der Waals surface area contributed by atoms with E-state index < -0.39 is 0 Å². The molecule has 0 radical (unpaired) electrons. The van der Waals surface area contributed by atoms with Gasteiger partial charge in [-0.3, -0.25) is 0 Å². The zero-order valence-corrected chi connectivity index (χ0v) is 13.4. The van der Waals surface area contributed by atoms with Crippen molar-refractivity contribution in [3.05, 3.63) is 56.7 Å². The van der Waals surface area contributed by atoms with Gasteiger partial charge in [-0.15, -0.1) is 11.3 Å². The van der Waals surface area contributed by atoms with Crippen LogP contribution in [-0.4, -0.2) is 13.1 Å². The second-order valence-electron chi connectivity index (χ2n) is 5.21. The molecule has 1 aromatic heterocycles. The number of hydrogen-bond acceptors (Lipinski definition) is 2. The summed E-state index contributed by atoms with van der Waals surface area (Å²) in [6.07, 6.45) is 2.45. The van der Waals surface area contributed by atoms with Crippen molar-refractivity contribution in [2.45, 2.75) is 24.8 Å². The number of likely N-dealkylation sites (N-methyl/N-ethyl adjacent to an activating group) is 1. The monoisotopic (exact) mass is 335 g/mol. The summed E-state index contributed by atoms with van der Waals surface area (Å²) in [5.41, 5.74) is 1.50. The molecule has 3 atom stereocenters. The summed E-state index contributed by atoms with van der Waals surface area (Å²) in [6.45, 7) is 0. The van der Waals surface area contributed by atoms with Crippen LogP contribution in [0.25, 0.3) is 0 Å². The highest BCUT2D eigenvalue weighted by molar-refractivity contribution is 9.10. The topological polar surface area (TPSA) is 12.0 Å². The summed E-state index contributed by atoms with van der Waals surface area (Å²) >= 11 is 5.48. The largest absolute Gasteiger partial charge is 0.316 e. The summed E-state index contributed by atoms with van der Waals surface area (Å²) in [6, 6.07) is 13.6. The molecule has 1 heterocycles. The zero-order chi connectivity index (χ0) is 13.2. The van der Waals surface area contributed by atoms with Gasteiger partial charge in [0.15, 0.2) is 0 Å². The van der Waals surface area contributed by atoms with Crippen molar-refractivity contribution in [3.63, 3.8) is 0 Å². The van der Waals surface area contributed by atoms with Crippen LogP contribution in [0, 0.1) is 5.92 Å². The molecule has 0 amide bonds. The average Bonchev–Trinajstić information content (AvgIpc) is 3.14. The first-order valence-electron chi connectivity index (χ1n) is 6.73. The van der Waals surface area contributed by atoms with Crippen LogP contribution in [0.15, 0.2) is 46.3 Å². The zero-order valence-electron chi connectivity index (χ0n) is 11.0. The summed E-state index contributed by atoms with van der Waals surface area (Å²) in [4.78, 5) is 1.46. The molecule has 0 saturated heterocycles. The first-order valence-corrected chi connectivity index (χ1v) is 8.41. The maximum Gasteiger partial charge on any atom is 0.0314 e. The van der Waals surface area contributed by atoms with Crippen molar-refractivity contribution in [2.24, 2.45) is 5.92 Å². The summed E-state index contributed by atoms with van der Waals surface area (Å²) in [5.74, 6) is 1.53. The van der Waals surface area contributed by atoms with E-state index in [2.05, 4.69) is 70.1 Å². The van der Waals surface area contributed by atoms with Gasteiger partial charge in [-0.1, -0.05) is 30.3 Å². The van der Waals surface area contributed by atoms with Crippen LogP contribution in [0.1, 0.15) is 22.8 Å². The number of halogens is 1. The Bertz CT molecular complexity index is 537. The summed E-state index contributed by atoms with van der Waals surface area (Å²) < 4.78 is 1.26. The van der Waals surface area contributed by atoms with Gasteiger partial charge in [-0.05, 0) is 64.7 Å². The fourth-order valence-corrected chi connectivity index (χ4v) is 4.46. The highest BCUT2D eigenvalue weighted by Gasteiger charge is 2.43. The van der Waals surface area contributed by atoms with Crippen LogP contribution in [0.4, 0.5) is 0 Å². The van der Waals surface area contributed by atoms with E-state index in [1.807, 2.05) is 11.3 Å². The summed E-state index contributed by atoms with van der Waals surface area (Å²) in [7, 11) is 2.09. The number of thiophene rings is 1. The molecule has 0 spiro atoms. The Balaban J connectivity index is 1.67. The van der Waals surface area contributed by atoms with Gasteiger partial charge in [-0.25, -0.2) is 0 Å². The first-order chi connectivity index (χ1) is 9.29. The smallest absolute Gasteiger partial charge is 0.0314 e. The Hall–Kier alpha value is -0.640. The minimum Gasteiger partial charge on any atom is -0.316 e. The third-order valence-electron chi connectivity index (χ3n) is 4.05. The molecule has 0 aliphatic heterocycles. The van der Waals surface area contributed by atoms with E-state index in [-0.39, 0.29) is 0 Å². The fraction of sp³-hybridized carbons (Fsp3) is 0.375. The Morgan fingerprint density at radius 3 is 2.74 bits per heavy atom. The molecule has 3 heteroatoms. The van der Waals surface area contributed by atoms with Gasteiger partial charge in [0.2, 0.25) is 0 Å². The predicted octanol–water partition coefficient (Wildman–Crippen LogP) is 4.44. The van der Waals surface area contributed by atoms with Crippen LogP contribution in [0.5, 0.6) is 0 Å². The molecular weight excluding hydrogens is 318 g/mol. The number of nitrogens with one attached hydrogen (secondary N) is 1. The number of rotatable bonds is 5. The van der Waals surface area contributed by atoms with E-state index in [0.717, 1.165) is 18.3 Å². The molecule has 3 rings (SSSR count). The Morgan fingerprint density at radius 1 is 1.32 bits per heavy atom. The summed E-state index contributed by atoms with van der Waals surface area (Å²) in [5, 5.41) is 5.68. The highest BCUT2D eigenvalue weighted by atomic mass is 79.9. The minimum absolute atomic E-state index is 0.583. The third-order valence-corrected chi connectivity index (χ3v) is 6.00. The maximum absolute atomic E-state index is 3.64. The first kappa shape index (κ1) is 13.3. The molecule has 1 fully saturated rings. The van der Waals surface area contributed by atoms with E-state index >= 15 is 0 Å². The average molecular weight is 336 g/mol. The second-order valence-corrected chi connectivity index (χ2v) is 7.06. The molecule has 1 aromatic carbocycles. The van der Waals surface area contributed by atoms with Crippen LogP contribution < -0.4 is 5.32 Å². The minimum atomic E-state index is 0.583. The van der Waals surface area contributed by atoms with Gasteiger partial charge in [0.05, 0.1) is 0 Å². The molecule has 1 aliphatic rings. The Labute approximate surface area is 127 Å². The second kappa shape index (κ2) is 5.78. The van der Waals surface area contributed by atoms with E-state index in [4.69, 9.17) is 0 Å². The molecule has 19 heavy (non-hydrogen) atoms. The van der Waals surface area contributed by atoms with Crippen molar-refractivity contribution >= 4 is 27.3 Å². The molecule has 1 aliphatic carbocycles. The van der Waals surface area contributed by atoms with Crippen molar-refractivity contribution in [3.8, 4) is 0 Å². The molecular formula is C16H18BrNS. The van der Waals surface area contributed by atoms with Gasteiger partial charge in [0, 0.05) is 15.4 Å². The maximum atomic E-state index is 3.64. The van der Waals surface area contributed by atoms with E-state index in [0.29, 0.717) is 6.04 Å². The predicted molar refractivity (Wildman–Crippen MR) is 85.9 cm³/mol. The number of benzene rings is 1. The quantitative estimate of drug-likeness (QED) is 0.851. The third kappa shape index (κ3) is 2.93. The van der Waals surface area contributed by atoms with Gasteiger partial charge >= 0.3 is 0 Å². The van der Waals surface area contributed by atoms with E-state index in [1.54, 1.807) is 0 Å². The molecule has 0 bridgehead atoms. The normalized spacial score (nSPS) is 23.3. The van der Waals surface area contributed by atoms with Gasteiger partial charge in [0.1, 0.15) is 0 Å². The fourth-order valence-electron chi connectivity index (χ4n) is 2.88. The molecule has 1 nitrogen and oxygen atoms in total. The number of hydrogen-bond donors (Lipinski definition) is 1. The lowest BCUT2D eigenvalue weighted by atomic mass is 10.0. The van der Waals surface area contributed by atoms with E-state index in [1.165, 1.54) is 21.3 Å². The van der Waals surface area contributed by atoms with Crippen LogP contribution in [0.3, 0.4) is 0 Å². The van der Waals surface area contributed by atoms with Crippen LogP contribution >= 0.6 is 27.3 Å². The lowest BCUT2D eigenvalue weighted by Gasteiger charge is -2.16. The molecule has 2 aromatic rings. The Morgan fingerprint density at radius 2 is 2.11 bits per heavy atom. The van der Waals surface area contributed by atoms with Gasteiger partial charge in [0.25, 0.3) is 0 Å². The van der Waals surface area contributed by atoms with Crippen molar-refractivity contribution < 1.29 is 0 Å². The van der Waals surface area contributed by atoms with E-state index in [9.17, 15) is 0 Å². The molecule has 3 unspecified atom stereocenters. The van der Waals surface area contributed by atoms with Crippen molar-refractivity contribution in [2.75, 3.05) is 7.05 Å².